The molecule has 100 valence electrons. The first-order valence-corrected chi connectivity index (χ1v) is 7.52. The second-order valence-electron chi connectivity index (χ2n) is 3.98. The molecule has 0 fully saturated rings. The number of nitrogens with one attached hydrogen (secondary N) is 1. The van der Waals surface area contributed by atoms with E-state index in [-0.39, 0.29) is 5.75 Å². The Balaban J connectivity index is 2.15. The van der Waals surface area contributed by atoms with Crippen LogP contribution < -0.4 is 10.1 Å². The molecule has 0 atom stereocenters. The first-order chi connectivity index (χ1) is 9.10. The van der Waals surface area contributed by atoms with Crippen molar-refractivity contribution in [1.82, 2.24) is 0 Å². The molecule has 0 saturated heterocycles. The topological polar surface area (TPSA) is 41.5 Å². The highest BCUT2D eigenvalue weighted by Gasteiger charge is 2.09. The molecule has 2 N–H and O–H groups in total. The van der Waals surface area contributed by atoms with E-state index in [1.54, 1.807) is 6.07 Å². The number of phenols is 1. The lowest BCUT2D eigenvalue weighted by atomic mass is 10.2. The van der Waals surface area contributed by atoms with Crippen molar-refractivity contribution in [3.05, 3.63) is 50.0 Å². The maximum atomic E-state index is 10.0. The van der Waals surface area contributed by atoms with Gasteiger partial charge in [-0.25, -0.2) is 0 Å². The van der Waals surface area contributed by atoms with Crippen molar-refractivity contribution in [3.8, 4) is 11.5 Å². The lowest BCUT2D eigenvalue weighted by molar-refractivity contribution is 0.370. The van der Waals surface area contributed by atoms with Crippen molar-refractivity contribution in [1.29, 1.82) is 0 Å². The Morgan fingerprint density at radius 1 is 1.26 bits per heavy atom. The van der Waals surface area contributed by atoms with Crippen molar-refractivity contribution in [2.24, 2.45) is 0 Å². The maximum Gasteiger partial charge on any atom is 0.162 e. The van der Waals surface area contributed by atoms with Crippen molar-refractivity contribution < 1.29 is 9.84 Å². The zero-order valence-electron chi connectivity index (χ0n) is 10.3. The Bertz CT molecular complexity index is 572. The zero-order valence-corrected chi connectivity index (χ0v) is 14.0. The minimum absolute atomic E-state index is 0.170. The second-order valence-corrected chi connectivity index (χ2v) is 6.14. The molecule has 0 heterocycles. The fraction of sp³-hybridized carbons (Fsp3) is 0.143. The number of rotatable bonds is 4. The summed E-state index contributed by atoms with van der Waals surface area (Å²) in [5.74, 6) is 0.637. The van der Waals surface area contributed by atoms with Crippen molar-refractivity contribution >= 4 is 44.2 Å². The molecule has 0 aliphatic heterocycles. The number of benzene rings is 2. The van der Waals surface area contributed by atoms with E-state index >= 15 is 0 Å². The molecule has 0 aromatic heterocycles. The second kappa shape index (κ2) is 6.47. The summed E-state index contributed by atoms with van der Waals surface area (Å²) < 4.78 is 7.19. The quantitative estimate of drug-likeness (QED) is 0.703. The average molecular weight is 434 g/mol. The molecule has 0 unspecified atom stereocenters. The predicted octanol–water partition coefficient (Wildman–Crippen LogP) is 4.38. The molecular formula is C14H13BrINO2. The summed E-state index contributed by atoms with van der Waals surface area (Å²) in [7, 11) is 1.54. The normalized spacial score (nSPS) is 10.3. The van der Waals surface area contributed by atoms with E-state index < -0.39 is 0 Å². The Morgan fingerprint density at radius 3 is 2.58 bits per heavy atom. The van der Waals surface area contributed by atoms with Crippen LogP contribution in [-0.4, -0.2) is 12.2 Å². The number of methoxy groups -OCH3 is 1. The maximum absolute atomic E-state index is 10.0. The van der Waals surface area contributed by atoms with Crippen LogP contribution in [0.15, 0.2) is 40.9 Å². The van der Waals surface area contributed by atoms with Crippen LogP contribution in [0.5, 0.6) is 11.5 Å². The van der Waals surface area contributed by atoms with Gasteiger partial charge in [-0.05, 0) is 59.0 Å². The molecule has 0 amide bonds. The molecule has 0 radical (unpaired) electrons. The Kier molecular flexibility index (Phi) is 4.93. The van der Waals surface area contributed by atoms with Crippen LogP contribution in [0.1, 0.15) is 5.56 Å². The van der Waals surface area contributed by atoms with E-state index in [9.17, 15) is 5.11 Å². The number of halogens is 2. The van der Waals surface area contributed by atoms with Gasteiger partial charge in [0.05, 0.1) is 7.11 Å². The molecule has 2 aromatic carbocycles. The highest BCUT2D eigenvalue weighted by molar-refractivity contribution is 14.1. The molecule has 0 bridgehead atoms. The highest BCUT2D eigenvalue weighted by Crippen LogP contribution is 2.33. The number of hydrogen-bond acceptors (Lipinski definition) is 3. The lowest BCUT2D eigenvalue weighted by Gasteiger charge is -2.11. The van der Waals surface area contributed by atoms with Gasteiger partial charge in [0.1, 0.15) is 0 Å². The van der Waals surface area contributed by atoms with E-state index in [0.717, 1.165) is 15.7 Å². The SMILES string of the molecule is COc1cc(Br)cc(CNc2ccc(I)cc2)c1O. The van der Waals surface area contributed by atoms with E-state index in [2.05, 4.69) is 43.8 Å². The molecule has 0 aliphatic carbocycles. The third-order valence-corrected chi connectivity index (χ3v) is 3.84. The highest BCUT2D eigenvalue weighted by atomic mass is 127. The summed E-state index contributed by atoms with van der Waals surface area (Å²) in [5, 5.41) is 13.3. The Labute approximate surface area is 134 Å². The smallest absolute Gasteiger partial charge is 0.162 e. The van der Waals surface area contributed by atoms with E-state index in [1.807, 2.05) is 30.3 Å². The monoisotopic (exact) mass is 433 g/mol. The summed E-state index contributed by atoms with van der Waals surface area (Å²) in [6.45, 7) is 0.530. The summed E-state index contributed by atoms with van der Waals surface area (Å²) in [6.07, 6.45) is 0. The largest absolute Gasteiger partial charge is 0.504 e. The summed E-state index contributed by atoms with van der Waals surface area (Å²) >= 11 is 5.67. The van der Waals surface area contributed by atoms with Gasteiger partial charge in [-0.2, -0.15) is 0 Å². The first kappa shape index (κ1) is 14.5. The molecule has 19 heavy (non-hydrogen) atoms. The van der Waals surface area contributed by atoms with Gasteiger partial charge in [0, 0.05) is 25.8 Å². The summed E-state index contributed by atoms with van der Waals surface area (Å²) in [6, 6.07) is 11.7. The van der Waals surface area contributed by atoms with Crippen LogP contribution in [0.2, 0.25) is 0 Å². The van der Waals surface area contributed by atoms with Gasteiger partial charge >= 0.3 is 0 Å². The average Bonchev–Trinajstić information content (AvgIpc) is 2.41. The van der Waals surface area contributed by atoms with Gasteiger partial charge in [0.2, 0.25) is 0 Å². The van der Waals surface area contributed by atoms with Gasteiger partial charge in [-0.15, -0.1) is 0 Å². The number of aromatic hydroxyl groups is 1. The molecule has 3 nitrogen and oxygen atoms in total. The van der Waals surface area contributed by atoms with Gasteiger partial charge in [-0.3, -0.25) is 0 Å². The summed E-state index contributed by atoms with van der Waals surface area (Å²) in [4.78, 5) is 0. The minimum Gasteiger partial charge on any atom is -0.504 e. The van der Waals surface area contributed by atoms with Crippen molar-refractivity contribution in [3.63, 3.8) is 0 Å². The van der Waals surface area contributed by atoms with E-state index in [1.165, 1.54) is 10.7 Å². The van der Waals surface area contributed by atoms with Gasteiger partial charge in [0.15, 0.2) is 11.5 Å². The number of phenolic OH excluding ortho intramolecular Hbond substituents is 1. The molecule has 5 heteroatoms. The fourth-order valence-corrected chi connectivity index (χ4v) is 2.53. The standard InChI is InChI=1S/C14H13BrINO2/c1-19-13-7-10(15)6-9(14(13)18)8-17-12-4-2-11(16)3-5-12/h2-7,17-18H,8H2,1H3. The molecule has 2 rings (SSSR count). The van der Waals surface area contributed by atoms with Crippen LogP contribution in [0.4, 0.5) is 5.69 Å². The minimum atomic E-state index is 0.170. The third-order valence-electron chi connectivity index (χ3n) is 2.67. The molecule has 2 aromatic rings. The van der Waals surface area contributed by atoms with Gasteiger partial charge in [0.25, 0.3) is 0 Å². The molecule has 0 spiro atoms. The third kappa shape index (κ3) is 3.76. The van der Waals surface area contributed by atoms with Crippen LogP contribution >= 0.6 is 38.5 Å². The van der Waals surface area contributed by atoms with Gasteiger partial charge in [-0.1, -0.05) is 15.9 Å². The van der Waals surface area contributed by atoms with Crippen LogP contribution in [-0.2, 0) is 6.54 Å². The van der Waals surface area contributed by atoms with Crippen molar-refractivity contribution in [2.75, 3.05) is 12.4 Å². The molecule has 0 aliphatic rings. The number of anilines is 1. The molecular weight excluding hydrogens is 421 g/mol. The van der Waals surface area contributed by atoms with Crippen molar-refractivity contribution in [2.45, 2.75) is 6.54 Å². The zero-order chi connectivity index (χ0) is 13.8. The molecule has 0 saturated carbocycles. The lowest BCUT2D eigenvalue weighted by Crippen LogP contribution is -2.00. The predicted molar refractivity (Wildman–Crippen MR) is 88.8 cm³/mol. The Morgan fingerprint density at radius 2 is 1.95 bits per heavy atom. The number of ether oxygens (including phenoxy) is 1. The first-order valence-electron chi connectivity index (χ1n) is 5.65. The fourth-order valence-electron chi connectivity index (χ4n) is 1.68. The van der Waals surface area contributed by atoms with E-state index in [0.29, 0.717) is 12.3 Å². The summed E-state index contributed by atoms with van der Waals surface area (Å²) in [5.41, 5.74) is 1.79. The van der Waals surface area contributed by atoms with E-state index in [4.69, 9.17) is 4.74 Å². The van der Waals surface area contributed by atoms with Crippen LogP contribution in [0.25, 0.3) is 0 Å². The Hall–Kier alpha value is -0.950. The van der Waals surface area contributed by atoms with Crippen LogP contribution in [0, 0.1) is 3.57 Å². The van der Waals surface area contributed by atoms with Gasteiger partial charge < -0.3 is 15.2 Å². The number of hydrogen-bond donors (Lipinski definition) is 2. The van der Waals surface area contributed by atoms with Crippen LogP contribution in [0.3, 0.4) is 0 Å².